The molecule has 2 unspecified atom stereocenters. The zero-order valence-corrected chi connectivity index (χ0v) is 16.0. The van der Waals surface area contributed by atoms with Crippen LogP contribution in [0.3, 0.4) is 0 Å². The third kappa shape index (κ3) is 3.79. The second-order valence-corrected chi connectivity index (χ2v) is 9.51. The van der Waals surface area contributed by atoms with Crippen LogP contribution in [0.15, 0.2) is 12.2 Å². The zero-order valence-electron chi connectivity index (χ0n) is 14.3. The SMILES string of the molecule is CCCCCCSCCS(=O)(=O)On1c(O)c2c(c1O)C1C=CC2C1. The number of rotatable bonds is 10. The topological polar surface area (TPSA) is 88.8 Å². The molecular formula is C17H25NO5S2. The molecule has 2 N–H and O–H groups in total. The van der Waals surface area contributed by atoms with E-state index in [1.54, 1.807) is 11.8 Å². The Bertz CT molecular complexity index is 718. The van der Waals surface area contributed by atoms with Crippen LogP contribution in [0.5, 0.6) is 11.8 Å². The van der Waals surface area contributed by atoms with Crippen molar-refractivity contribution in [3.63, 3.8) is 0 Å². The molecule has 0 amide bonds. The van der Waals surface area contributed by atoms with E-state index in [9.17, 15) is 18.6 Å². The molecule has 8 heteroatoms. The number of thioether (sulfide) groups is 1. The second kappa shape index (κ2) is 7.53. The van der Waals surface area contributed by atoms with Crippen molar-refractivity contribution < 1.29 is 22.9 Å². The number of hydrogen-bond donors (Lipinski definition) is 2. The first-order chi connectivity index (χ1) is 11.9. The maximum Gasteiger partial charge on any atom is 0.328 e. The Morgan fingerprint density at radius 1 is 1.12 bits per heavy atom. The predicted octanol–water partition coefficient (Wildman–Crippen LogP) is 3.11. The van der Waals surface area contributed by atoms with E-state index in [-0.39, 0.29) is 29.3 Å². The Labute approximate surface area is 153 Å². The molecule has 0 saturated carbocycles. The lowest BCUT2D eigenvalue weighted by Crippen LogP contribution is -2.23. The van der Waals surface area contributed by atoms with Crippen molar-refractivity contribution in [3.8, 4) is 11.8 Å². The standard InChI is InChI=1S/C17H25NO5S2/c1-2-3-4-5-8-24-9-10-25(21,22)23-18-16(19)14-12-6-7-13(11-12)15(14)17(18)20/h6-7,12-13,19-20H,2-5,8-11H2,1H3. The maximum atomic E-state index is 12.2. The summed E-state index contributed by atoms with van der Waals surface area (Å²) in [5.74, 6) is 0.649. The van der Waals surface area contributed by atoms with Crippen LogP contribution in [0.25, 0.3) is 0 Å². The van der Waals surface area contributed by atoms with Crippen LogP contribution in [-0.4, -0.2) is 40.6 Å². The molecule has 1 aromatic rings. The van der Waals surface area contributed by atoms with Gasteiger partial charge in [-0.05, 0) is 18.6 Å². The average molecular weight is 388 g/mol. The largest absolute Gasteiger partial charge is 0.492 e. The van der Waals surface area contributed by atoms with Crippen molar-refractivity contribution in [1.29, 1.82) is 0 Å². The van der Waals surface area contributed by atoms with Crippen LogP contribution >= 0.6 is 11.8 Å². The third-order valence-electron chi connectivity index (χ3n) is 4.79. The highest BCUT2D eigenvalue weighted by atomic mass is 32.2. The van der Waals surface area contributed by atoms with Crippen molar-refractivity contribution in [1.82, 2.24) is 4.73 Å². The summed E-state index contributed by atoms with van der Waals surface area (Å²) in [4.78, 5) is 0. The van der Waals surface area contributed by atoms with Crippen molar-refractivity contribution in [2.24, 2.45) is 0 Å². The second-order valence-electron chi connectivity index (χ2n) is 6.61. The Balaban J connectivity index is 1.56. The molecule has 6 nitrogen and oxygen atoms in total. The van der Waals surface area contributed by atoms with Crippen LogP contribution < -0.4 is 4.28 Å². The highest BCUT2D eigenvalue weighted by molar-refractivity contribution is 8.00. The molecule has 1 heterocycles. The molecule has 0 fully saturated rings. The number of fused-ring (bicyclic) bond motifs is 5. The summed E-state index contributed by atoms with van der Waals surface area (Å²) in [5.41, 5.74) is 1.18. The summed E-state index contributed by atoms with van der Waals surface area (Å²) in [6.45, 7) is 2.15. The fourth-order valence-electron chi connectivity index (χ4n) is 3.53. The lowest BCUT2D eigenvalue weighted by Gasteiger charge is -2.10. The van der Waals surface area contributed by atoms with E-state index in [1.165, 1.54) is 19.3 Å². The van der Waals surface area contributed by atoms with Crippen molar-refractivity contribution in [3.05, 3.63) is 23.3 Å². The molecule has 2 aliphatic rings. The Morgan fingerprint density at radius 2 is 1.76 bits per heavy atom. The molecular weight excluding hydrogens is 362 g/mol. The third-order valence-corrected chi connectivity index (χ3v) is 7.20. The van der Waals surface area contributed by atoms with E-state index < -0.39 is 10.1 Å². The predicted molar refractivity (Wildman–Crippen MR) is 98.8 cm³/mol. The molecule has 2 atom stereocenters. The fraction of sp³-hybridized carbons (Fsp3) is 0.647. The number of allylic oxidation sites excluding steroid dienone is 2. The minimum Gasteiger partial charge on any atom is -0.492 e. The molecule has 1 aromatic heterocycles. The van der Waals surface area contributed by atoms with E-state index in [4.69, 9.17) is 4.28 Å². The Morgan fingerprint density at radius 3 is 2.36 bits per heavy atom. The first kappa shape index (κ1) is 18.5. The highest BCUT2D eigenvalue weighted by Crippen LogP contribution is 2.56. The summed E-state index contributed by atoms with van der Waals surface area (Å²) < 4.78 is 29.9. The summed E-state index contributed by atoms with van der Waals surface area (Å²) in [6, 6.07) is 0. The fourth-order valence-corrected chi connectivity index (χ4v) is 5.88. The van der Waals surface area contributed by atoms with Gasteiger partial charge in [-0.15, -0.1) is 0 Å². The van der Waals surface area contributed by atoms with Gasteiger partial charge in [-0.25, -0.2) is 0 Å². The number of aromatic hydroxyl groups is 2. The van der Waals surface area contributed by atoms with Crippen molar-refractivity contribution in [2.75, 3.05) is 17.3 Å². The van der Waals surface area contributed by atoms with Crippen LogP contribution in [-0.2, 0) is 10.1 Å². The number of aromatic nitrogens is 1. The molecule has 0 aliphatic heterocycles. The van der Waals surface area contributed by atoms with E-state index in [0.717, 1.165) is 18.6 Å². The lowest BCUT2D eigenvalue weighted by molar-refractivity contribution is 0.201. The van der Waals surface area contributed by atoms with Gasteiger partial charge in [0.15, 0.2) is 0 Å². The van der Waals surface area contributed by atoms with Crippen LogP contribution in [0.2, 0.25) is 0 Å². The number of nitrogens with zero attached hydrogens (tertiary/aromatic N) is 1. The Hall–Kier alpha value is -1.28. The molecule has 0 spiro atoms. The van der Waals surface area contributed by atoms with E-state index in [0.29, 0.717) is 21.6 Å². The average Bonchev–Trinajstić information content (AvgIpc) is 3.24. The number of unbranched alkanes of at least 4 members (excludes halogenated alkanes) is 3. The molecule has 140 valence electrons. The summed E-state index contributed by atoms with van der Waals surface area (Å²) >= 11 is 1.58. The van der Waals surface area contributed by atoms with Gasteiger partial charge in [0.2, 0.25) is 11.8 Å². The summed E-state index contributed by atoms with van der Waals surface area (Å²) in [6.07, 6.45) is 9.39. The van der Waals surface area contributed by atoms with Crippen molar-refractivity contribution >= 4 is 21.9 Å². The minimum atomic E-state index is -3.88. The highest BCUT2D eigenvalue weighted by Gasteiger charge is 2.42. The van der Waals surface area contributed by atoms with Gasteiger partial charge in [0.1, 0.15) is 0 Å². The van der Waals surface area contributed by atoms with Gasteiger partial charge in [0.05, 0.1) is 5.75 Å². The van der Waals surface area contributed by atoms with Gasteiger partial charge >= 0.3 is 10.1 Å². The molecule has 0 saturated heterocycles. The minimum absolute atomic E-state index is 0.0251. The van der Waals surface area contributed by atoms with Gasteiger partial charge in [0, 0.05) is 28.7 Å². The number of hydrogen-bond acceptors (Lipinski definition) is 6. The molecule has 2 bridgehead atoms. The van der Waals surface area contributed by atoms with E-state index in [1.807, 2.05) is 12.2 Å². The first-order valence-electron chi connectivity index (χ1n) is 8.79. The normalized spacial score (nSPS) is 21.0. The summed E-state index contributed by atoms with van der Waals surface area (Å²) in [7, 11) is -3.88. The van der Waals surface area contributed by atoms with Gasteiger partial charge in [0.25, 0.3) is 0 Å². The van der Waals surface area contributed by atoms with Crippen molar-refractivity contribution in [2.45, 2.75) is 50.9 Å². The van der Waals surface area contributed by atoms with Crippen LogP contribution in [0.1, 0.15) is 62.0 Å². The first-order valence-corrected chi connectivity index (χ1v) is 11.5. The van der Waals surface area contributed by atoms with E-state index in [2.05, 4.69) is 6.92 Å². The van der Waals surface area contributed by atoms with Gasteiger partial charge in [-0.3, -0.25) is 4.28 Å². The van der Waals surface area contributed by atoms with Crippen LogP contribution in [0.4, 0.5) is 0 Å². The van der Waals surface area contributed by atoms with Gasteiger partial charge in [-0.2, -0.15) is 20.2 Å². The smallest absolute Gasteiger partial charge is 0.328 e. The molecule has 25 heavy (non-hydrogen) atoms. The lowest BCUT2D eigenvalue weighted by atomic mass is 10.0. The molecule has 3 rings (SSSR count). The summed E-state index contributed by atoms with van der Waals surface area (Å²) in [5, 5.41) is 20.6. The Kier molecular flexibility index (Phi) is 5.58. The quantitative estimate of drug-likeness (QED) is 0.474. The molecule has 0 radical (unpaired) electrons. The van der Waals surface area contributed by atoms with Gasteiger partial charge in [-0.1, -0.05) is 43.1 Å². The van der Waals surface area contributed by atoms with Gasteiger partial charge < -0.3 is 10.2 Å². The maximum absolute atomic E-state index is 12.2. The van der Waals surface area contributed by atoms with Crippen LogP contribution in [0, 0.1) is 0 Å². The monoisotopic (exact) mass is 387 g/mol. The van der Waals surface area contributed by atoms with E-state index >= 15 is 0 Å². The molecule has 0 aromatic carbocycles. The zero-order chi connectivity index (χ0) is 18.0. The molecule has 2 aliphatic carbocycles.